The van der Waals surface area contributed by atoms with Crippen LogP contribution in [0.25, 0.3) is 83.1 Å². The number of hydrogen-bond acceptors (Lipinski definition) is 1. The van der Waals surface area contributed by atoms with E-state index in [0.717, 1.165) is 42.7 Å². The second-order valence-electron chi connectivity index (χ2n) is 26.0. The standard InChI is InChI=1S/C83H88N2/c1-10-13-15-17-24-67-57-79(69-44-53-77-76-30-19-20-31-80(76)85(81(77)58-69)75-49-40-63(41-50-75)66-27-22-29-71(55-66)83(7,8)9)68(25-18-16-14-11-2)56-78(67)64-42-51-74(52-43-64)84(72-45-36-61(37-46-72)60-34-32-59(23-12-3)33-35-60)73-47-38-62(39-48-73)65-26-21-28-70(54-65)82(4,5)6/h19-22,26-58H,10-18,23-25H2,1-9H3. The van der Waals surface area contributed by atoms with Crippen LogP contribution in [0.1, 0.15) is 148 Å². The van der Waals surface area contributed by atoms with Gasteiger partial charge in [0.05, 0.1) is 11.0 Å². The lowest BCUT2D eigenvalue weighted by atomic mass is 9.85. The van der Waals surface area contributed by atoms with Crippen molar-refractivity contribution in [3.05, 3.63) is 252 Å². The minimum atomic E-state index is 0.0740. The average Bonchev–Trinajstić information content (AvgIpc) is 3.02. The van der Waals surface area contributed by atoms with Gasteiger partial charge in [-0.15, -0.1) is 0 Å². The van der Waals surface area contributed by atoms with Crippen LogP contribution in [0, 0.1) is 0 Å². The van der Waals surface area contributed by atoms with Crippen molar-refractivity contribution in [3.8, 4) is 61.3 Å². The molecule has 0 saturated carbocycles. The van der Waals surface area contributed by atoms with Crippen molar-refractivity contribution >= 4 is 38.9 Å². The maximum absolute atomic E-state index is 2.60. The summed E-state index contributed by atoms with van der Waals surface area (Å²) in [5, 5.41) is 2.56. The van der Waals surface area contributed by atoms with E-state index in [9.17, 15) is 0 Å². The van der Waals surface area contributed by atoms with Crippen LogP contribution in [0.3, 0.4) is 0 Å². The second kappa shape index (κ2) is 26.0. The summed E-state index contributed by atoms with van der Waals surface area (Å²) in [4.78, 5) is 2.43. The number of aryl methyl sites for hydroxylation is 3. The van der Waals surface area contributed by atoms with Crippen LogP contribution in [-0.2, 0) is 30.1 Å². The predicted molar refractivity (Wildman–Crippen MR) is 370 cm³/mol. The molecule has 85 heavy (non-hydrogen) atoms. The van der Waals surface area contributed by atoms with E-state index in [1.807, 2.05) is 0 Å². The molecule has 0 atom stereocenters. The molecule has 0 amide bonds. The van der Waals surface area contributed by atoms with E-state index in [-0.39, 0.29) is 10.8 Å². The van der Waals surface area contributed by atoms with Crippen LogP contribution in [0.4, 0.5) is 17.1 Å². The number of benzene rings is 10. The number of anilines is 3. The lowest BCUT2D eigenvalue weighted by Gasteiger charge is -2.26. The molecule has 0 aliphatic heterocycles. The molecule has 11 aromatic rings. The van der Waals surface area contributed by atoms with Gasteiger partial charge in [-0.05, 0) is 187 Å². The summed E-state index contributed by atoms with van der Waals surface area (Å²) in [5.41, 5.74) is 26.9. The van der Waals surface area contributed by atoms with Gasteiger partial charge in [0.15, 0.2) is 0 Å². The molecule has 1 heterocycles. The second-order valence-corrected chi connectivity index (χ2v) is 26.0. The summed E-state index contributed by atoms with van der Waals surface area (Å²) >= 11 is 0. The van der Waals surface area contributed by atoms with Crippen LogP contribution >= 0.6 is 0 Å². The Kier molecular flexibility index (Phi) is 17.9. The van der Waals surface area contributed by atoms with E-state index in [1.165, 1.54) is 162 Å². The minimum Gasteiger partial charge on any atom is -0.311 e. The molecule has 2 heteroatoms. The molecule has 0 spiro atoms. The van der Waals surface area contributed by atoms with Gasteiger partial charge >= 0.3 is 0 Å². The normalized spacial score (nSPS) is 11.9. The molecule has 430 valence electrons. The summed E-state index contributed by atoms with van der Waals surface area (Å²) in [6.07, 6.45) is 14.1. The highest BCUT2D eigenvalue weighted by atomic mass is 15.1. The fraction of sp³-hybridized carbons (Fsp3) is 0.277. The van der Waals surface area contributed by atoms with Crippen LogP contribution in [-0.4, -0.2) is 4.57 Å². The van der Waals surface area contributed by atoms with Gasteiger partial charge in [0.25, 0.3) is 0 Å². The number of para-hydroxylation sites is 1. The predicted octanol–water partition coefficient (Wildman–Crippen LogP) is 24.4. The van der Waals surface area contributed by atoms with E-state index in [0.29, 0.717) is 0 Å². The van der Waals surface area contributed by atoms with Gasteiger partial charge in [-0.2, -0.15) is 0 Å². The summed E-state index contributed by atoms with van der Waals surface area (Å²) in [6, 6.07) is 85.7. The van der Waals surface area contributed by atoms with Crippen molar-refractivity contribution in [3.63, 3.8) is 0 Å². The van der Waals surface area contributed by atoms with Crippen molar-refractivity contribution in [2.24, 2.45) is 0 Å². The van der Waals surface area contributed by atoms with Gasteiger partial charge < -0.3 is 9.47 Å². The summed E-state index contributed by atoms with van der Waals surface area (Å²) in [6.45, 7) is 20.6. The van der Waals surface area contributed by atoms with E-state index in [4.69, 9.17) is 0 Å². The third kappa shape index (κ3) is 13.2. The topological polar surface area (TPSA) is 8.17 Å². The monoisotopic (exact) mass is 1110 g/mol. The van der Waals surface area contributed by atoms with Gasteiger partial charge in [-0.3, -0.25) is 0 Å². The van der Waals surface area contributed by atoms with E-state index in [2.05, 4.69) is 296 Å². The lowest BCUT2D eigenvalue weighted by molar-refractivity contribution is 0.590. The summed E-state index contributed by atoms with van der Waals surface area (Å²) < 4.78 is 2.50. The zero-order valence-electron chi connectivity index (χ0n) is 52.2. The average molecular weight is 1110 g/mol. The number of hydrogen-bond donors (Lipinski definition) is 0. The smallest absolute Gasteiger partial charge is 0.0547 e. The van der Waals surface area contributed by atoms with Gasteiger partial charge in [0, 0.05) is 33.5 Å². The summed E-state index contributed by atoms with van der Waals surface area (Å²) in [7, 11) is 0. The molecule has 0 bridgehead atoms. The maximum atomic E-state index is 2.60. The molecule has 0 radical (unpaired) electrons. The number of nitrogens with zero attached hydrogens (tertiary/aromatic N) is 2. The van der Waals surface area contributed by atoms with Crippen molar-refractivity contribution in [2.75, 3.05) is 4.90 Å². The molecule has 0 fully saturated rings. The summed E-state index contributed by atoms with van der Waals surface area (Å²) in [5.74, 6) is 0. The third-order valence-corrected chi connectivity index (χ3v) is 17.7. The fourth-order valence-electron chi connectivity index (χ4n) is 12.7. The Bertz CT molecular complexity index is 4010. The largest absolute Gasteiger partial charge is 0.311 e. The van der Waals surface area contributed by atoms with Gasteiger partial charge in [-0.1, -0.05) is 271 Å². The maximum Gasteiger partial charge on any atom is 0.0547 e. The Morgan fingerprint density at radius 2 is 0.753 bits per heavy atom. The molecule has 0 saturated heterocycles. The highest BCUT2D eigenvalue weighted by Crippen LogP contribution is 2.42. The van der Waals surface area contributed by atoms with Crippen LogP contribution in [0.5, 0.6) is 0 Å². The Hall–Kier alpha value is -8.20. The zero-order chi connectivity index (χ0) is 59.1. The van der Waals surface area contributed by atoms with Crippen LogP contribution in [0.2, 0.25) is 0 Å². The first-order valence-electron chi connectivity index (χ1n) is 32.0. The van der Waals surface area contributed by atoms with Crippen molar-refractivity contribution in [2.45, 2.75) is 150 Å². The van der Waals surface area contributed by atoms with Crippen LogP contribution in [0.15, 0.2) is 224 Å². The number of unbranched alkanes of at least 4 members (excludes halogenated alkanes) is 6. The highest BCUT2D eigenvalue weighted by molar-refractivity contribution is 6.10. The van der Waals surface area contributed by atoms with Gasteiger partial charge in [-0.25, -0.2) is 0 Å². The molecule has 10 aromatic carbocycles. The highest BCUT2D eigenvalue weighted by Gasteiger charge is 2.21. The number of aromatic nitrogens is 1. The molecular weight excluding hydrogens is 1020 g/mol. The van der Waals surface area contributed by atoms with Crippen molar-refractivity contribution < 1.29 is 0 Å². The lowest BCUT2D eigenvalue weighted by Crippen LogP contribution is -2.11. The molecule has 0 N–H and O–H groups in total. The first-order chi connectivity index (χ1) is 41.3. The SMILES string of the molecule is CCCCCCc1cc(-c2ccc3c4ccccc4n(-c4ccc(-c5cccc(C(C)(C)C)c5)cc4)c3c2)c(CCCCCC)cc1-c1ccc(N(c2ccc(-c3ccc(CCC)cc3)cc2)c2ccc(-c3cccc(C(C)(C)C)c3)cc2)cc1. The van der Waals surface area contributed by atoms with Gasteiger partial charge in [0.1, 0.15) is 0 Å². The first kappa shape index (κ1) is 58.6. The van der Waals surface area contributed by atoms with Crippen molar-refractivity contribution in [1.29, 1.82) is 0 Å². The number of fused-ring (bicyclic) bond motifs is 3. The quantitative estimate of drug-likeness (QED) is 0.0651. The fourth-order valence-corrected chi connectivity index (χ4v) is 12.7. The molecule has 0 aliphatic rings. The Morgan fingerprint density at radius 3 is 1.25 bits per heavy atom. The molecule has 0 unspecified atom stereocenters. The Balaban J connectivity index is 0.989. The zero-order valence-corrected chi connectivity index (χ0v) is 52.2. The van der Waals surface area contributed by atoms with Crippen LogP contribution < -0.4 is 4.90 Å². The molecule has 11 rings (SSSR count). The molecule has 0 aliphatic carbocycles. The van der Waals surface area contributed by atoms with Gasteiger partial charge in [0.2, 0.25) is 0 Å². The molecule has 1 aromatic heterocycles. The van der Waals surface area contributed by atoms with E-state index < -0.39 is 0 Å². The number of rotatable bonds is 21. The van der Waals surface area contributed by atoms with E-state index >= 15 is 0 Å². The Labute approximate surface area is 509 Å². The first-order valence-corrected chi connectivity index (χ1v) is 32.0. The van der Waals surface area contributed by atoms with Crippen molar-refractivity contribution in [1.82, 2.24) is 4.57 Å². The Morgan fingerprint density at radius 1 is 0.318 bits per heavy atom. The molecule has 2 nitrogen and oxygen atoms in total. The molecular formula is C83H88N2. The third-order valence-electron chi connectivity index (χ3n) is 17.7. The van der Waals surface area contributed by atoms with E-state index in [1.54, 1.807) is 0 Å². The minimum absolute atomic E-state index is 0.0740.